The smallest absolute Gasteiger partial charge is 0.128 e. The van der Waals surface area contributed by atoms with Crippen molar-refractivity contribution in [1.82, 2.24) is 4.98 Å². The molecule has 0 radical (unpaired) electrons. The number of aromatic amines is 1. The van der Waals surface area contributed by atoms with E-state index in [1.54, 1.807) is 7.11 Å². The minimum Gasteiger partial charge on any atom is -0.496 e. The van der Waals surface area contributed by atoms with E-state index in [1.807, 2.05) is 12.1 Å². The second-order valence-corrected chi connectivity index (χ2v) is 3.26. The molecule has 0 aliphatic carbocycles. The molecule has 0 spiro atoms. The highest BCUT2D eigenvalue weighted by Crippen LogP contribution is 2.29. The van der Waals surface area contributed by atoms with Crippen LogP contribution in [0, 0.1) is 13.8 Å². The summed E-state index contributed by atoms with van der Waals surface area (Å²) in [6.45, 7) is 4.19. The summed E-state index contributed by atoms with van der Waals surface area (Å²) in [4.78, 5) is 3.32. The van der Waals surface area contributed by atoms with Crippen molar-refractivity contribution in [3.05, 3.63) is 29.5 Å². The molecule has 2 rings (SSSR count). The highest BCUT2D eigenvalue weighted by Gasteiger charge is 2.07. The van der Waals surface area contributed by atoms with E-state index in [-0.39, 0.29) is 0 Å². The third-order valence-corrected chi connectivity index (χ3v) is 2.51. The summed E-state index contributed by atoms with van der Waals surface area (Å²) in [7, 11) is 1.70. The summed E-state index contributed by atoms with van der Waals surface area (Å²) in [6.07, 6.45) is 0. The van der Waals surface area contributed by atoms with Gasteiger partial charge in [-0.15, -0.1) is 0 Å². The van der Waals surface area contributed by atoms with Crippen molar-refractivity contribution >= 4 is 10.9 Å². The lowest BCUT2D eigenvalue weighted by molar-refractivity contribution is 0.419. The third-order valence-electron chi connectivity index (χ3n) is 2.51. The lowest BCUT2D eigenvalue weighted by atomic mass is 10.1. The molecule has 0 bridgehead atoms. The molecule has 2 aromatic rings. The van der Waals surface area contributed by atoms with Crippen LogP contribution in [0.2, 0.25) is 0 Å². The molecule has 0 saturated heterocycles. The maximum atomic E-state index is 5.30. The summed E-state index contributed by atoms with van der Waals surface area (Å²) in [5.41, 5.74) is 3.63. The van der Waals surface area contributed by atoms with Gasteiger partial charge in [0.1, 0.15) is 5.75 Å². The summed E-state index contributed by atoms with van der Waals surface area (Å²) >= 11 is 0. The number of nitrogens with one attached hydrogen (secondary N) is 1. The lowest BCUT2D eigenvalue weighted by Crippen LogP contribution is -1.83. The van der Waals surface area contributed by atoms with Crippen LogP contribution in [0.25, 0.3) is 10.9 Å². The van der Waals surface area contributed by atoms with E-state index in [9.17, 15) is 0 Å². The number of fused-ring (bicyclic) bond motifs is 1. The molecule has 0 saturated carbocycles. The van der Waals surface area contributed by atoms with Crippen LogP contribution in [0.15, 0.2) is 18.2 Å². The molecular weight excluding hydrogens is 162 g/mol. The van der Waals surface area contributed by atoms with Gasteiger partial charge in [-0.2, -0.15) is 0 Å². The highest BCUT2D eigenvalue weighted by atomic mass is 16.5. The summed E-state index contributed by atoms with van der Waals surface area (Å²) in [6, 6.07) is 6.05. The largest absolute Gasteiger partial charge is 0.496 e. The molecule has 0 aliphatic heterocycles. The van der Waals surface area contributed by atoms with Gasteiger partial charge in [-0.1, -0.05) is 6.07 Å². The minimum absolute atomic E-state index is 0.944. The zero-order chi connectivity index (χ0) is 9.42. The SMILES string of the molecule is COc1cccc2[nH]c(C)c(C)c12. The summed E-state index contributed by atoms with van der Waals surface area (Å²) in [5, 5.41) is 1.20. The number of aryl methyl sites for hydroxylation is 2. The van der Waals surface area contributed by atoms with Crippen LogP contribution < -0.4 is 4.74 Å². The van der Waals surface area contributed by atoms with E-state index in [4.69, 9.17) is 4.74 Å². The van der Waals surface area contributed by atoms with Crippen LogP contribution in [0.5, 0.6) is 5.75 Å². The van der Waals surface area contributed by atoms with E-state index >= 15 is 0 Å². The molecule has 68 valence electrons. The first-order valence-corrected chi connectivity index (χ1v) is 4.36. The topological polar surface area (TPSA) is 25.0 Å². The average Bonchev–Trinajstić information content (AvgIpc) is 2.43. The number of rotatable bonds is 1. The minimum atomic E-state index is 0.944. The molecule has 1 aromatic carbocycles. The third kappa shape index (κ3) is 1.10. The maximum absolute atomic E-state index is 5.30. The van der Waals surface area contributed by atoms with Crippen molar-refractivity contribution in [1.29, 1.82) is 0 Å². The summed E-state index contributed by atoms with van der Waals surface area (Å²) < 4.78 is 5.30. The van der Waals surface area contributed by atoms with Gasteiger partial charge in [0, 0.05) is 16.6 Å². The number of hydrogen-bond donors (Lipinski definition) is 1. The first-order chi connectivity index (χ1) is 6.24. The first-order valence-electron chi connectivity index (χ1n) is 4.36. The lowest BCUT2D eigenvalue weighted by Gasteiger charge is -2.01. The van der Waals surface area contributed by atoms with Crippen molar-refractivity contribution in [2.45, 2.75) is 13.8 Å². The van der Waals surface area contributed by atoms with E-state index < -0.39 is 0 Å². The van der Waals surface area contributed by atoms with Gasteiger partial charge in [0.25, 0.3) is 0 Å². The number of benzene rings is 1. The van der Waals surface area contributed by atoms with Crippen molar-refractivity contribution in [2.24, 2.45) is 0 Å². The van der Waals surface area contributed by atoms with Crippen molar-refractivity contribution in [3.8, 4) is 5.75 Å². The van der Waals surface area contributed by atoms with Gasteiger partial charge in [-0.3, -0.25) is 0 Å². The van der Waals surface area contributed by atoms with E-state index in [1.165, 1.54) is 16.6 Å². The monoisotopic (exact) mass is 175 g/mol. The Morgan fingerprint density at radius 1 is 1.23 bits per heavy atom. The second kappa shape index (κ2) is 2.80. The normalized spacial score (nSPS) is 10.7. The molecule has 1 heterocycles. The molecule has 0 unspecified atom stereocenters. The number of ether oxygens (including phenoxy) is 1. The Morgan fingerprint density at radius 3 is 2.69 bits per heavy atom. The number of methoxy groups -OCH3 is 1. The van der Waals surface area contributed by atoms with Gasteiger partial charge in [0.15, 0.2) is 0 Å². The van der Waals surface area contributed by atoms with Gasteiger partial charge in [-0.05, 0) is 31.5 Å². The molecule has 1 N–H and O–H groups in total. The van der Waals surface area contributed by atoms with E-state index in [2.05, 4.69) is 24.9 Å². The van der Waals surface area contributed by atoms with Gasteiger partial charge in [0.05, 0.1) is 7.11 Å². The standard InChI is InChI=1S/C11H13NO/c1-7-8(2)12-9-5-4-6-10(13-3)11(7)9/h4-6,12H,1-3H3. The Labute approximate surface area is 77.5 Å². The molecule has 1 aromatic heterocycles. The fourth-order valence-corrected chi connectivity index (χ4v) is 1.68. The van der Waals surface area contributed by atoms with Crippen LogP contribution in [-0.2, 0) is 0 Å². The second-order valence-electron chi connectivity index (χ2n) is 3.26. The van der Waals surface area contributed by atoms with Gasteiger partial charge in [-0.25, -0.2) is 0 Å². The van der Waals surface area contributed by atoms with Crippen LogP contribution in [0.1, 0.15) is 11.3 Å². The molecule has 0 amide bonds. The Bertz CT molecular complexity index is 443. The Balaban J connectivity index is 2.87. The summed E-state index contributed by atoms with van der Waals surface area (Å²) in [5.74, 6) is 0.944. The van der Waals surface area contributed by atoms with Crippen LogP contribution in [0.4, 0.5) is 0 Å². The van der Waals surface area contributed by atoms with Crippen molar-refractivity contribution < 1.29 is 4.74 Å². The molecule has 0 aliphatic rings. The Hall–Kier alpha value is -1.44. The predicted octanol–water partition coefficient (Wildman–Crippen LogP) is 2.79. The maximum Gasteiger partial charge on any atom is 0.128 e. The number of H-pyrrole nitrogens is 1. The highest BCUT2D eigenvalue weighted by molar-refractivity contribution is 5.90. The Kier molecular flexibility index (Phi) is 1.76. The molecule has 0 atom stereocenters. The zero-order valence-corrected chi connectivity index (χ0v) is 8.14. The number of hydrogen-bond acceptors (Lipinski definition) is 1. The fourth-order valence-electron chi connectivity index (χ4n) is 1.68. The van der Waals surface area contributed by atoms with E-state index in [0.29, 0.717) is 0 Å². The van der Waals surface area contributed by atoms with Gasteiger partial charge in [0.2, 0.25) is 0 Å². The molecular formula is C11H13NO. The van der Waals surface area contributed by atoms with Crippen molar-refractivity contribution in [3.63, 3.8) is 0 Å². The Morgan fingerprint density at radius 2 is 2.00 bits per heavy atom. The van der Waals surface area contributed by atoms with Crippen molar-refractivity contribution in [2.75, 3.05) is 7.11 Å². The van der Waals surface area contributed by atoms with Gasteiger partial charge < -0.3 is 9.72 Å². The molecule has 0 fully saturated rings. The average molecular weight is 175 g/mol. The van der Waals surface area contributed by atoms with Crippen LogP contribution in [-0.4, -0.2) is 12.1 Å². The van der Waals surface area contributed by atoms with Gasteiger partial charge >= 0.3 is 0 Å². The van der Waals surface area contributed by atoms with E-state index in [0.717, 1.165) is 11.3 Å². The van der Waals surface area contributed by atoms with Crippen LogP contribution >= 0.6 is 0 Å². The quantitative estimate of drug-likeness (QED) is 0.708. The molecule has 2 heteroatoms. The molecule has 2 nitrogen and oxygen atoms in total. The molecule has 13 heavy (non-hydrogen) atoms. The zero-order valence-electron chi connectivity index (χ0n) is 8.14. The predicted molar refractivity (Wildman–Crippen MR) is 54.3 cm³/mol. The fraction of sp³-hybridized carbons (Fsp3) is 0.273. The first kappa shape index (κ1) is 8.17. The van der Waals surface area contributed by atoms with Crippen LogP contribution in [0.3, 0.4) is 0 Å². The number of aromatic nitrogens is 1.